The van der Waals surface area contributed by atoms with Crippen LogP contribution in [0.2, 0.25) is 0 Å². The van der Waals surface area contributed by atoms with Crippen LogP contribution in [0.3, 0.4) is 0 Å². The molecule has 6 nitrogen and oxygen atoms in total. The molecule has 7 rings (SSSR count). The number of aryl methyl sites for hydroxylation is 1. The van der Waals surface area contributed by atoms with Crippen molar-refractivity contribution < 1.29 is 19.1 Å². The van der Waals surface area contributed by atoms with Crippen molar-refractivity contribution in [2.45, 2.75) is 37.8 Å². The average molecular weight is 569 g/mol. The molecule has 1 spiro atoms. The largest absolute Gasteiger partial charge is 0.494 e. The first-order chi connectivity index (χ1) is 20.9. The molecule has 3 aliphatic rings. The van der Waals surface area contributed by atoms with E-state index in [0.717, 1.165) is 28.7 Å². The number of rotatable bonds is 7. The Morgan fingerprint density at radius 1 is 0.884 bits per heavy atom. The number of nitrogens with one attached hydrogen (secondary N) is 1. The smallest absolute Gasteiger partial charge is 0.238 e. The number of hydrogen-bond donors (Lipinski definition) is 1. The van der Waals surface area contributed by atoms with Gasteiger partial charge >= 0.3 is 0 Å². The van der Waals surface area contributed by atoms with E-state index in [1.807, 2.05) is 110 Å². The van der Waals surface area contributed by atoms with E-state index in [0.29, 0.717) is 29.2 Å². The highest BCUT2D eigenvalue weighted by Crippen LogP contribution is 2.62. The fourth-order valence-corrected chi connectivity index (χ4v) is 7.19. The van der Waals surface area contributed by atoms with Crippen molar-refractivity contribution in [3.63, 3.8) is 0 Å². The number of amides is 1. The molecule has 1 fully saturated rings. The molecule has 0 radical (unpaired) electrons. The summed E-state index contributed by atoms with van der Waals surface area (Å²) in [6.07, 6.45) is 4.70. The van der Waals surface area contributed by atoms with E-state index in [1.54, 1.807) is 18.2 Å². The van der Waals surface area contributed by atoms with Crippen LogP contribution >= 0.6 is 0 Å². The van der Waals surface area contributed by atoms with Crippen LogP contribution in [0.1, 0.15) is 62.4 Å². The number of fused-ring (bicyclic) bond motifs is 6. The first-order valence-electron chi connectivity index (χ1n) is 14.8. The summed E-state index contributed by atoms with van der Waals surface area (Å²) in [6.45, 7) is 4.52. The van der Waals surface area contributed by atoms with E-state index in [-0.39, 0.29) is 17.5 Å². The van der Waals surface area contributed by atoms with Gasteiger partial charge in [0.1, 0.15) is 17.2 Å². The number of nitrogens with zero attached hydrogens (tertiary/aromatic N) is 1. The van der Waals surface area contributed by atoms with Crippen molar-refractivity contribution in [1.82, 2.24) is 4.90 Å². The summed E-state index contributed by atoms with van der Waals surface area (Å²) in [6, 6.07) is 28.5. The molecular weight excluding hydrogens is 536 g/mol. The minimum atomic E-state index is -1.36. The molecule has 6 heteroatoms. The quantitative estimate of drug-likeness (QED) is 0.249. The summed E-state index contributed by atoms with van der Waals surface area (Å²) in [5.41, 5.74) is 3.86. The minimum absolute atomic E-state index is 0.195. The zero-order valence-electron chi connectivity index (χ0n) is 24.1. The summed E-state index contributed by atoms with van der Waals surface area (Å²) in [5.74, 6) is -1.17. The van der Waals surface area contributed by atoms with E-state index in [4.69, 9.17) is 4.74 Å². The summed E-state index contributed by atoms with van der Waals surface area (Å²) in [7, 11) is 0. The van der Waals surface area contributed by atoms with Gasteiger partial charge < -0.3 is 15.0 Å². The molecule has 4 aromatic rings. The maximum Gasteiger partial charge on any atom is 0.238 e. The molecule has 43 heavy (non-hydrogen) atoms. The van der Waals surface area contributed by atoms with Crippen LogP contribution in [0.5, 0.6) is 5.75 Å². The highest BCUT2D eigenvalue weighted by Gasteiger charge is 2.70. The Morgan fingerprint density at radius 2 is 1.65 bits per heavy atom. The molecule has 214 valence electrons. The van der Waals surface area contributed by atoms with Gasteiger partial charge in [-0.1, -0.05) is 91.3 Å². The molecule has 3 heterocycles. The van der Waals surface area contributed by atoms with Gasteiger partial charge in [0, 0.05) is 23.0 Å². The van der Waals surface area contributed by atoms with E-state index >= 15 is 4.79 Å². The van der Waals surface area contributed by atoms with Gasteiger partial charge in [-0.05, 0) is 54.3 Å². The first-order valence-corrected chi connectivity index (χ1v) is 14.8. The zero-order chi connectivity index (χ0) is 29.7. The van der Waals surface area contributed by atoms with Gasteiger partial charge in [0.25, 0.3) is 0 Å². The number of carbonyl (C=O) groups excluding carboxylic acids is 3. The van der Waals surface area contributed by atoms with Gasteiger partial charge in [-0.15, -0.1) is 0 Å². The van der Waals surface area contributed by atoms with Gasteiger partial charge in [-0.3, -0.25) is 14.4 Å². The lowest BCUT2D eigenvalue weighted by Gasteiger charge is -2.38. The Balaban J connectivity index is 1.49. The predicted octanol–water partition coefficient (Wildman–Crippen LogP) is 6.77. The third kappa shape index (κ3) is 4.04. The molecule has 0 aromatic heterocycles. The number of anilines is 1. The number of ether oxygens (including phenoxy) is 1. The van der Waals surface area contributed by atoms with Crippen molar-refractivity contribution >= 4 is 29.2 Å². The Hall–Kier alpha value is -4.97. The zero-order valence-corrected chi connectivity index (χ0v) is 24.1. The lowest BCUT2D eigenvalue weighted by atomic mass is 9.62. The SMILES string of the molecule is CCCOc1cccc(C(=O)[C@@H]2[C@H](C(=O)c3ccc(C)cc3)N3C=Cc4ccccc4[C@H]3[C@@]23C(=O)Nc2ccccc23)c1. The fourth-order valence-electron chi connectivity index (χ4n) is 7.19. The molecule has 0 saturated carbocycles. The minimum Gasteiger partial charge on any atom is -0.494 e. The molecule has 0 aliphatic carbocycles. The molecule has 1 N–H and O–H groups in total. The van der Waals surface area contributed by atoms with Crippen molar-refractivity contribution in [2.24, 2.45) is 5.92 Å². The standard InChI is InChI=1S/C37H32N2O4/c1-3-21-43-27-11-8-10-26(22-27)33(40)31-32(34(41)25-17-15-23(2)16-18-25)39-20-19-24-9-4-5-12-28(24)35(39)37(31)29-13-6-7-14-30(29)38-36(37)42/h4-20,22,31-32,35H,3,21H2,1-2H3,(H,38,42)/t31-,32+,35-,37-/m0/s1. The average Bonchev–Trinajstić information content (AvgIpc) is 3.52. The molecule has 0 unspecified atom stereocenters. The second-order valence-electron chi connectivity index (χ2n) is 11.6. The molecule has 4 aromatic carbocycles. The maximum atomic E-state index is 15.0. The summed E-state index contributed by atoms with van der Waals surface area (Å²) < 4.78 is 5.88. The highest BCUT2D eigenvalue weighted by atomic mass is 16.5. The van der Waals surface area contributed by atoms with Crippen molar-refractivity contribution in [1.29, 1.82) is 0 Å². The van der Waals surface area contributed by atoms with Crippen LogP contribution in [0, 0.1) is 12.8 Å². The van der Waals surface area contributed by atoms with Gasteiger partial charge in [0.2, 0.25) is 5.91 Å². The molecule has 3 aliphatic heterocycles. The first kappa shape index (κ1) is 26.9. The van der Waals surface area contributed by atoms with Crippen LogP contribution in [0.15, 0.2) is 103 Å². The Bertz CT molecular complexity index is 1790. The van der Waals surface area contributed by atoms with Crippen molar-refractivity contribution in [2.75, 3.05) is 11.9 Å². The Kier molecular flexibility index (Phi) is 6.50. The topological polar surface area (TPSA) is 75.7 Å². The van der Waals surface area contributed by atoms with Crippen LogP contribution in [-0.2, 0) is 10.2 Å². The second-order valence-corrected chi connectivity index (χ2v) is 11.6. The monoisotopic (exact) mass is 568 g/mol. The number of para-hydroxylation sites is 1. The third-order valence-electron chi connectivity index (χ3n) is 9.05. The van der Waals surface area contributed by atoms with Gasteiger partial charge in [-0.2, -0.15) is 0 Å². The third-order valence-corrected chi connectivity index (χ3v) is 9.05. The van der Waals surface area contributed by atoms with Crippen molar-refractivity contribution in [3.8, 4) is 5.75 Å². The van der Waals surface area contributed by atoms with Crippen LogP contribution in [-0.4, -0.2) is 35.0 Å². The summed E-state index contributed by atoms with van der Waals surface area (Å²) in [5, 5.41) is 3.10. The lowest BCUT2D eigenvalue weighted by Crippen LogP contribution is -2.49. The number of benzene rings is 4. The van der Waals surface area contributed by atoms with E-state index in [1.165, 1.54) is 0 Å². The van der Waals surface area contributed by atoms with Crippen LogP contribution < -0.4 is 10.1 Å². The second kappa shape index (κ2) is 10.4. The summed E-state index contributed by atoms with van der Waals surface area (Å²) >= 11 is 0. The van der Waals surface area contributed by atoms with Gasteiger partial charge in [0.05, 0.1) is 18.6 Å². The van der Waals surface area contributed by atoms with Gasteiger partial charge in [-0.25, -0.2) is 0 Å². The van der Waals surface area contributed by atoms with E-state index < -0.39 is 23.4 Å². The Morgan fingerprint density at radius 3 is 2.47 bits per heavy atom. The maximum absolute atomic E-state index is 15.0. The Labute approximate surface area is 251 Å². The van der Waals surface area contributed by atoms with E-state index in [9.17, 15) is 9.59 Å². The molecule has 0 bridgehead atoms. The van der Waals surface area contributed by atoms with Crippen LogP contribution in [0.4, 0.5) is 5.69 Å². The predicted molar refractivity (Wildman–Crippen MR) is 166 cm³/mol. The molecule has 4 atom stereocenters. The number of ketones is 2. The van der Waals surface area contributed by atoms with Crippen LogP contribution in [0.25, 0.3) is 6.08 Å². The summed E-state index contributed by atoms with van der Waals surface area (Å²) in [4.78, 5) is 46.2. The molecular formula is C37H32N2O4. The number of carbonyl (C=O) groups is 3. The molecule has 1 saturated heterocycles. The van der Waals surface area contributed by atoms with E-state index in [2.05, 4.69) is 5.32 Å². The number of Topliss-reactive ketones (excluding diaryl/α,β-unsaturated/α-hetero) is 2. The highest BCUT2D eigenvalue weighted by molar-refractivity contribution is 6.16. The number of hydrogen-bond acceptors (Lipinski definition) is 5. The van der Waals surface area contributed by atoms with Gasteiger partial charge in [0.15, 0.2) is 11.6 Å². The fraction of sp³-hybridized carbons (Fsp3) is 0.216. The lowest BCUT2D eigenvalue weighted by molar-refractivity contribution is -0.122. The molecule has 1 amide bonds. The normalized spacial score (nSPS) is 23.0. The van der Waals surface area contributed by atoms with Crippen molar-refractivity contribution in [3.05, 3.63) is 137 Å².